The number of hydrogen-bond donors (Lipinski definition) is 1. The maximum absolute atomic E-state index is 12.5. The van der Waals surface area contributed by atoms with Gasteiger partial charge in [-0.3, -0.25) is 14.7 Å². The van der Waals surface area contributed by atoms with Crippen molar-refractivity contribution in [1.82, 2.24) is 24.4 Å². The van der Waals surface area contributed by atoms with Crippen LogP contribution >= 0.6 is 0 Å². The van der Waals surface area contributed by atoms with Crippen molar-refractivity contribution in [3.8, 4) is 0 Å². The van der Waals surface area contributed by atoms with E-state index in [-0.39, 0.29) is 17.3 Å². The normalized spacial score (nSPS) is 16.0. The highest BCUT2D eigenvalue weighted by Gasteiger charge is 2.23. The van der Waals surface area contributed by atoms with Crippen molar-refractivity contribution in [2.24, 2.45) is 0 Å². The molecule has 8 nitrogen and oxygen atoms in total. The molecule has 1 aromatic carbocycles. The third kappa shape index (κ3) is 6.09. The standard InChI is InChI=1S/C21H29N5O3S/c1-24-9-11-26(12-10-24)16-19-6-3-5-18(13-19)14-23-21(27)17-25(2)30(28,29)20-7-4-8-22-15-20/h3-8,13,15H,9-12,14,16-17H2,1-2H3,(H,23,27). The molecule has 1 aromatic heterocycles. The topological polar surface area (TPSA) is 85.9 Å². The van der Waals surface area contributed by atoms with Crippen molar-refractivity contribution in [2.75, 3.05) is 46.8 Å². The van der Waals surface area contributed by atoms with Gasteiger partial charge in [0.25, 0.3) is 0 Å². The fraction of sp³-hybridized carbons (Fsp3) is 0.429. The van der Waals surface area contributed by atoms with Crippen LogP contribution in [0.15, 0.2) is 53.7 Å². The van der Waals surface area contributed by atoms with Crippen LogP contribution in [-0.2, 0) is 27.9 Å². The Labute approximate surface area is 178 Å². The second kappa shape index (κ2) is 10.1. The van der Waals surface area contributed by atoms with Gasteiger partial charge in [0.15, 0.2) is 0 Å². The summed E-state index contributed by atoms with van der Waals surface area (Å²) in [5.41, 5.74) is 2.20. The smallest absolute Gasteiger partial charge is 0.244 e. The van der Waals surface area contributed by atoms with Crippen molar-refractivity contribution in [2.45, 2.75) is 18.0 Å². The van der Waals surface area contributed by atoms with Crippen LogP contribution in [0.5, 0.6) is 0 Å². The summed E-state index contributed by atoms with van der Waals surface area (Å²) in [5, 5.41) is 2.81. The van der Waals surface area contributed by atoms with Crippen molar-refractivity contribution < 1.29 is 13.2 Å². The molecule has 30 heavy (non-hydrogen) atoms. The highest BCUT2D eigenvalue weighted by atomic mass is 32.2. The zero-order valence-corrected chi connectivity index (χ0v) is 18.3. The van der Waals surface area contributed by atoms with Gasteiger partial charge < -0.3 is 10.2 Å². The van der Waals surface area contributed by atoms with E-state index in [2.05, 4.69) is 39.3 Å². The molecule has 1 fully saturated rings. The first-order valence-electron chi connectivity index (χ1n) is 9.96. The van der Waals surface area contributed by atoms with E-state index in [1.165, 1.54) is 31.1 Å². The number of sulfonamides is 1. The molecule has 0 bridgehead atoms. The Hall–Kier alpha value is -2.33. The summed E-state index contributed by atoms with van der Waals surface area (Å²) >= 11 is 0. The minimum absolute atomic E-state index is 0.0666. The molecule has 0 atom stereocenters. The number of pyridine rings is 1. The number of nitrogens with one attached hydrogen (secondary N) is 1. The maximum atomic E-state index is 12.5. The van der Waals surface area contributed by atoms with Gasteiger partial charge in [0, 0.05) is 58.7 Å². The zero-order valence-electron chi connectivity index (χ0n) is 17.5. The van der Waals surface area contributed by atoms with Crippen molar-refractivity contribution in [3.63, 3.8) is 0 Å². The number of carbonyl (C=O) groups is 1. The van der Waals surface area contributed by atoms with Gasteiger partial charge in [0.2, 0.25) is 15.9 Å². The summed E-state index contributed by atoms with van der Waals surface area (Å²) in [6, 6.07) is 11.2. The first kappa shape index (κ1) is 22.4. The number of rotatable bonds is 8. The Morgan fingerprint density at radius 3 is 2.57 bits per heavy atom. The number of carbonyl (C=O) groups excluding carboxylic acids is 1. The second-order valence-corrected chi connectivity index (χ2v) is 9.67. The Morgan fingerprint density at radius 1 is 1.13 bits per heavy atom. The van der Waals surface area contributed by atoms with Crippen molar-refractivity contribution in [1.29, 1.82) is 0 Å². The molecule has 0 aliphatic carbocycles. The molecule has 0 spiro atoms. The zero-order chi connectivity index (χ0) is 21.6. The Bertz CT molecular complexity index is 944. The van der Waals surface area contributed by atoms with Crippen molar-refractivity contribution >= 4 is 15.9 Å². The van der Waals surface area contributed by atoms with E-state index in [0.29, 0.717) is 6.54 Å². The van der Waals surface area contributed by atoms with Gasteiger partial charge >= 0.3 is 0 Å². The van der Waals surface area contributed by atoms with Gasteiger partial charge in [0.1, 0.15) is 4.90 Å². The molecule has 1 saturated heterocycles. The van der Waals surface area contributed by atoms with Gasteiger partial charge in [-0.2, -0.15) is 4.31 Å². The lowest BCUT2D eigenvalue weighted by Gasteiger charge is -2.32. The average molecular weight is 432 g/mol. The average Bonchev–Trinajstić information content (AvgIpc) is 2.75. The maximum Gasteiger partial charge on any atom is 0.244 e. The van der Waals surface area contributed by atoms with Gasteiger partial charge in [-0.1, -0.05) is 24.3 Å². The number of piperazine rings is 1. The lowest BCUT2D eigenvalue weighted by atomic mass is 10.1. The molecule has 162 valence electrons. The van der Waals surface area contributed by atoms with E-state index in [9.17, 15) is 13.2 Å². The molecule has 3 rings (SSSR count). The van der Waals surface area contributed by atoms with E-state index in [0.717, 1.165) is 42.6 Å². The number of benzene rings is 1. The molecule has 9 heteroatoms. The third-order valence-corrected chi connectivity index (χ3v) is 6.98. The van der Waals surface area contributed by atoms with Gasteiger partial charge in [-0.15, -0.1) is 0 Å². The minimum atomic E-state index is -3.74. The first-order chi connectivity index (χ1) is 14.3. The summed E-state index contributed by atoms with van der Waals surface area (Å²) in [5.74, 6) is -0.352. The first-order valence-corrected chi connectivity index (χ1v) is 11.4. The largest absolute Gasteiger partial charge is 0.351 e. The number of nitrogens with zero attached hydrogens (tertiary/aromatic N) is 4. The van der Waals surface area contributed by atoms with Crippen LogP contribution in [0.25, 0.3) is 0 Å². The molecule has 2 heterocycles. The SMILES string of the molecule is CN1CCN(Cc2cccc(CNC(=O)CN(C)S(=O)(=O)c3cccnc3)c2)CC1. The molecule has 1 N–H and O–H groups in total. The lowest BCUT2D eigenvalue weighted by molar-refractivity contribution is -0.121. The molecule has 1 aliphatic heterocycles. The molecular weight excluding hydrogens is 402 g/mol. The monoisotopic (exact) mass is 431 g/mol. The summed E-state index contributed by atoms with van der Waals surface area (Å²) in [6.07, 6.45) is 2.78. The number of hydrogen-bond acceptors (Lipinski definition) is 6. The van der Waals surface area contributed by atoms with Gasteiger partial charge in [0.05, 0.1) is 6.54 Å². The van der Waals surface area contributed by atoms with Crippen LogP contribution in [-0.4, -0.2) is 80.2 Å². The molecule has 1 amide bonds. The molecule has 0 saturated carbocycles. The van der Waals surface area contributed by atoms with Crippen LogP contribution in [0, 0.1) is 0 Å². The van der Waals surface area contributed by atoms with Gasteiger partial charge in [-0.25, -0.2) is 8.42 Å². The fourth-order valence-corrected chi connectivity index (χ4v) is 4.42. The van der Waals surface area contributed by atoms with E-state index >= 15 is 0 Å². The van der Waals surface area contributed by atoms with E-state index in [1.54, 1.807) is 6.07 Å². The predicted octanol–water partition coefficient (Wildman–Crippen LogP) is 0.766. The van der Waals surface area contributed by atoms with Crippen LogP contribution in [0.1, 0.15) is 11.1 Å². The van der Waals surface area contributed by atoms with Crippen LogP contribution < -0.4 is 5.32 Å². The predicted molar refractivity (Wildman–Crippen MR) is 115 cm³/mol. The minimum Gasteiger partial charge on any atom is -0.351 e. The number of aromatic nitrogens is 1. The quantitative estimate of drug-likeness (QED) is 0.664. The lowest BCUT2D eigenvalue weighted by Crippen LogP contribution is -2.43. The summed E-state index contributed by atoms with van der Waals surface area (Å²) in [7, 11) is -0.217. The third-order valence-electron chi connectivity index (χ3n) is 5.19. The molecule has 2 aromatic rings. The molecule has 0 unspecified atom stereocenters. The Balaban J connectivity index is 1.51. The van der Waals surface area contributed by atoms with Crippen molar-refractivity contribution in [3.05, 3.63) is 59.9 Å². The summed E-state index contributed by atoms with van der Waals surface area (Å²) < 4.78 is 26.0. The summed E-state index contributed by atoms with van der Waals surface area (Å²) in [6.45, 7) is 5.25. The van der Waals surface area contributed by atoms with E-state index in [1.807, 2.05) is 12.1 Å². The molecule has 0 radical (unpaired) electrons. The summed E-state index contributed by atoms with van der Waals surface area (Å²) in [4.78, 5) is 20.9. The van der Waals surface area contributed by atoms with Crippen LogP contribution in [0.2, 0.25) is 0 Å². The molecule has 1 aliphatic rings. The Kier molecular flexibility index (Phi) is 7.54. The fourth-order valence-electron chi connectivity index (χ4n) is 3.33. The van der Waals surface area contributed by atoms with E-state index < -0.39 is 10.0 Å². The number of amides is 1. The van der Waals surface area contributed by atoms with E-state index in [4.69, 9.17) is 0 Å². The van der Waals surface area contributed by atoms with Gasteiger partial charge in [-0.05, 0) is 30.3 Å². The number of likely N-dealkylation sites (N-methyl/N-ethyl adjacent to an activating group) is 2. The highest BCUT2D eigenvalue weighted by molar-refractivity contribution is 7.89. The van der Waals surface area contributed by atoms with Crippen LogP contribution in [0.4, 0.5) is 0 Å². The molecular formula is C21H29N5O3S. The second-order valence-electron chi connectivity index (χ2n) is 7.63. The highest BCUT2D eigenvalue weighted by Crippen LogP contribution is 2.12. The van der Waals surface area contributed by atoms with Crippen LogP contribution in [0.3, 0.4) is 0 Å². The Morgan fingerprint density at radius 2 is 1.87 bits per heavy atom.